The molecule has 0 bridgehead atoms. The van der Waals surface area contributed by atoms with E-state index < -0.39 is 0 Å². The van der Waals surface area contributed by atoms with E-state index in [9.17, 15) is 4.79 Å². The average Bonchev–Trinajstić information content (AvgIpc) is 2.66. The predicted octanol–water partition coefficient (Wildman–Crippen LogP) is 5.81. The summed E-state index contributed by atoms with van der Waals surface area (Å²) >= 11 is 0. The molecule has 1 aromatic rings. The number of carbonyl (C=O) groups is 1. The van der Waals surface area contributed by atoms with E-state index in [1.807, 2.05) is 31.2 Å². The molecular weight excluding hydrogens is 312 g/mol. The van der Waals surface area contributed by atoms with Crippen LogP contribution in [0.15, 0.2) is 24.3 Å². The van der Waals surface area contributed by atoms with Gasteiger partial charge in [0, 0.05) is 12.8 Å². The second-order valence-electron chi connectivity index (χ2n) is 7.30. The zero-order valence-electron chi connectivity index (χ0n) is 16.0. The number of hydrogen-bond donors (Lipinski definition) is 0. The molecule has 3 nitrogen and oxygen atoms in total. The molecule has 0 heterocycles. The fourth-order valence-corrected chi connectivity index (χ4v) is 3.41. The fraction of sp³-hybridized carbons (Fsp3) is 0.682. The molecule has 1 saturated carbocycles. The molecule has 0 saturated heterocycles. The van der Waals surface area contributed by atoms with Crippen LogP contribution in [0.3, 0.4) is 0 Å². The van der Waals surface area contributed by atoms with Crippen LogP contribution in [0, 0.1) is 11.8 Å². The summed E-state index contributed by atoms with van der Waals surface area (Å²) < 4.78 is 11.6. The zero-order valence-corrected chi connectivity index (χ0v) is 16.0. The molecule has 140 valence electrons. The summed E-state index contributed by atoms with van der Waals surface area (Å²) in [6, 6.07) is 7.99. The molecule has 0 aliphatic heterocycles. The summed E-state index contributed by atoms with van der Waals surface area (Å²) in [6.45, 7) is 5.71. The lowest BCUT2D eigenvalue weighted by Crippen LogP contribution is -2.20. The first kappa shape index (κ1) is 19.8. The summed E-state index contributed by atoms with van der Waals surface area (Å²) in [7, 11) is 0. The van der Waals surface area contributed by atoms with E-state index in [4.69, 9.17) is 9.47 Å². The van der Waals surface area contributed by atoms with Gasteiger partial charge < -0.3 is 9.47 Å². The summed E-state index contributed by atoms with van der Waals surface area (Å²) in [6.07, 6.45) is 9.73. The summed E-state index contributed by atoms with van der Waals surface area (Å²) in [5.74, 6) is 3.65. The Morgan fingerprint density at radius 3 is 2.16 bits per heavy atom. The molecule has 0 spiro atoms. The van der Waals surface area contributed by atoms with Crippen molar-refractivity contribution in [3.8, 4) is 11.5 Å². The third-order valence-corrected chi connectivity index (χ3v) is 5.27. The Kier molecular flexibility index (Phi) is 8.85. The number of Topliss-reactive ketones (excluding diaryl/α,β-unsaturated/α-hetero) is 1. The Hall–Kier alpha value is -1.51. The van der Waals surface area contributed by atoms with Crippen molar-refractivity contribution in [1.29, 1.82) is 0 Å². The highest BCUT2D eigenvalue weighted by molar-refractivity contribution is 5.77. The van der Waals surface area contributed by atoms with Gasteiger partial charge in [-0.1, -0.05) is 33.1 Å². The number of ketones is 1. The maximum absolute atomic E-state index is 11.4. The Balaban J connectivity index is 1.63. The van der Waals surface area contributed by atoms with Crippen molar-refractivity contribution in [1.82, 2.24) is 0 Å². The lowest BCUT2D eigenvalue weighted by molar-refractivity contribution is -0.119. The lowest BCUT2D eigenvalue weighted by Gasteiger charge is -2.28. The van der Waals surface area contributed by atoms with E-state index in [1.165, 1.54) is 25.7 Å². The maximum atomic E-state index is 11.4. The molecule has 3 heteroatoms. The second kappa shape index (κ2) is 11.2. The number of unbranched alkanes of at least 4 members (excludes halogenated alkanes) is 1. The highest BCUT2D eigenvalue weighted by Gasteiger charge is 2.22. The minimum atomic E-state index is 0.410. The minimum Gasteiger partial charge on any atom is -0.494 e. The third-order valence-electron chi connectivity index (χ3n) is 5.27. The molecular formula is C22H34O3. The number of ether oxygens (including phenoxy) is 2. The molecule has 0 atom stereocenters. The summed E-state index contributed by atoms with van der Waals surface area (Å²) in [5.41, 5.74) is 0. The number of carbonyl (C=O) groups excluding carboxylic acids is 1. The van der Waals surface area contributed by atoms with Gasteiger partial charge in [-0.2, -0.15) is 0 Å². The van der Waals surface area contributed by atoms with Crippen molar-refractivity contribution in [2.75, 3.05) is 13.2 Å². The van der Waals surface area contributed by atoms with Crippen molar-refractivity contribution in [3.63, 3.8) is 0 Å². The standard InChI is InChI=1S/C22H34O3/c1-3-5-16-24-21-12-14-22(15-13-21)25-17-19-8-6-18(7-9-19)10-11-20(23)4-2/h12-15,18-19H,3-11,16-17H2,1-2H3. The first-order valence-electron chi connectivity index (χ1n) is 10.1. The van der Waals surface area contributed by atoms with E-state index in [0.717, 1.165) is 56.3 Å². The van der Waals surface area contributed by atoms with Crippen molar-refractivity contribution < 1.29 is 14.3 Å². The van der Waals surface area contributed by atoms with Crippen LogP contribution in [0.2, 0.25) is 0 Å². The van der Waals surface area contributed by atoms with Gasteiger partial charge in [0.1, 0.15) is 17.3 Å². The number of rotatable bonds is 11. The van der Waals surface area contributed by atoms with Gasteiger partial charge in [0.05, 0.1) is 13.2 Å². The number of benzene rings is 1. The molecule has 0 amide bonds. The lowest BCUT2D eigenvalue weighted by atomic mass is 9.80. The smallest absolute Gasteiger partial charge is 0.132 e. The van der Waals surface area contributed by atoms with Crippen molar-refractivity contribution in [2.24, 2.45) is 11.8 Å². The molecule has 2 rings (SSSR count). The highest BCUT2D eigenvalue weighted by atomic mass is 16.5. The van der Waals surface area contributed by atoms with Gasteiger partial charge in [-0.15, -0.1) is 0 Å². The molecule has 0 aromatic heterocycles. The molecule has 1 fully saturated rings. The van der Waals surface area contributed by atoms with Crippen LogP contribution in [-0.4, -0.2) is 19.0 Å². The molecule has 1 aliphatic carbocycles. The zero-order chi connectivity index (χ0) is 17.9. The van der Waals surface area contributed by atoms with Crippen LogP contribution >= 0.6 is 0 Å². The Labute approximate surface area is 153 Å². The van der Waals surface area contributed by atoms with Gasteiger partial charge >= 0.3 is 0 Å². The quantitative estimate of drug-likeness (QED) is 0.474. The largest absolute Gasteiger partial charge is 0.494 e. The van der Waals surface area contributed by atoms with Crippen molar-refractivity contribution in [2.45, 2.75) is 71.6 Å². The minimum absolute atomic E-state index is 0.410. The summed E-state index contributed by atoms with van der Waals surface area (Å²) in [5, 5.41) is 0. The van der Waals surface area contributed by atoms with Crippen molar-refractivity contribution in [3.05, 3.63) is 24.3 Å². The monoisotopic (exact) mass is 346 g/mol. The fourth-order valence-electron chi connectivity index (χ4n) is 3.41. The Morgan fingerprint density at radius 1 is 0.960 bits per heavy atom. The van der Waals surface area contributed by atoms with E-state index >= 15 is 0 Å². The molecule has 0 unspecified atom stereocenters. The molecule has 1 aromatic carbocycles. The second-order valence-corrected chi connectivity index (χ2v) is 7.30. The number of hydrogen-bond acceptors (Lipinski definition) is 3. The van der Waals surface area contributed by atoms with Gasteiger partial charge in [0.2, 0.25) is 0 Å². The van der Waals surface area contributed by atoms with Crippen LogP contribution in [0.5, 0.6) is 11.5 Å². The van der Waals surface area contributed by atoms with E-state index in [2.05, 4.69) is 6.92 Å². The Bertz CT molecular complexity index is 486. The molecule has 0 N–H and O–H groups in total. The van der Waals surface area contributed by atoms with Gasteiger partial charge in [-0.25, -0.2) is 0 Å². The Morgan fingerprint density at radius 2 is 1.56 bits per heavy atom. The van der Waals surface area contributed by atoms with Gasteiger partial charge in [0.15, 0.2) is 0 Å². The first-order valence-corrected chi connectivity index (χ1v) is 10.1. The third kappa shape index (κ3) is 7.50. The molecule has 0 radical (unpaired) electrons. The van der Waals surface area contributed by atoms with Crippen LogP contribution < -0.4 is 9.47 Å². The van der Waals surface area contributed by atoms with Crippen LogP contribution in [-0.2, 0) is 4.79 Å². The SMILES string of the molecule is CCCCOc1ccc(OCC2CCC(CCC(=O)CC)CC2)cc1. The van der Waals surface area contributed by atoms with Crippen molar-refractivity contribution >= 4 is 5.78 Å². The van der Waals surface area contributed by atoms with Crippen LogP contribution in [0.4, 0.5) is 0 Å². The first-order chi connectivity index (χ1) is 12.2. The van der Waals surface area contributed by atoms with Gasteiger partial charge in [0.25, 0.3) is 0 Å². The van der Waals surface area contributed by atoms with Crippen LogP contribution in [0.1, 0.15) is 71.6 Å². The van der Waals surface area contributed by atoms with E-state index in [1.54, 1.807) is 0 Å². The topological polar surface area (TPSA) is 35.5 Å². The molecule has 25 heavy (non-hydrogen) atoms. The molecule has 1 aliphatic rings. The highest BCUT2D eigenvalue weighted by Crippen LogP contribution is 2.32. The average molecular weight is 347 g/mol. The summed E-state index contributed by atoms with van der Waals surface area (Å²) in [4.78, 5) is 11.4. The van der Waals surface area contributed by atoms with E-state index in [0.29, 0.717) is 18.1 Å². The predicted molar refractivity (Wildman–Crippen MR) is 102 cm³/mol. The van der Waals surface area contributed by atoms with Gasteiger partial charge in [-0.05, 0) is 61.8 Å². The maximum Gasteiger partial charge on any atom is 0.132 e. The normalized spacial score (nSPS) is 20.2. The van der Waals surface area contributed by atoms with E-state index in [-0.39, 0.29) is 0 Å². The van der Waals surface area contributed by atoms with Gasteiger partial charge in [-0.3, -0.25) is 4.79 Å². The van der Waals surface area contributed by atoms with Crippen LogP contribution in [0.25, 0.3) is 0 Å².